The third-order valence-electron chi connectivity index (χ3n) is 3.24. The fourth-order valence-electron chi connectivity index (χ4n) is 2.22. The molecule has 1 aromatic rings. The highest BCUT2D eigenvalue weighted by Gasteiger charge is 2.17. The van der Waals surface area contributed by atoms with Crippen molar-refractivity contribution >= 4 is 17.3 Å². The van der Waals surface area contributed by atoms with Crippen molar-refractivity contribution in [1.29, 1.82) is 0 Å². The molecule has 19 heavy (non-hydrogen) atoms. The number of nitro benzene ring substituents is 1. The Morgan fingerprint density at radius 2 is 2.32 bits per heavy atom. The van der Waals surface area contributed by atoms with E-state index in [4.69, 9.17) is 16.3 Å². The number of hydrogen-bond donors (Lipinski definition) is 1. The van der Waals surface area contributed by atoms with Crippen LogP contribution in [0.3, 0.4) is 0 Å². The largest absolute Gasteiger partial charge is 0.377 e. The Hall–Kier alpha value is -1.17. The normalized spacial score (nSPS) is 19.3. The molecule has 6 heteroatoms. The molecule has 5 nitrogen and oxygen atoms in total. The van der Waals surface area contributed by atoms with Gasteiger partial charge in [0.2, 0.25) is 0 Å². The standard InChI is InChI=1S/C13H17ClN2O3/c14-12-5-3-6-13(16(17)18)11(12)9-15-8-10-4-1-2-7-19-10/h3,5-6,10,15H,1-2,4,7-9H2. The minimum absolute atomic E-state index is 0.0598. The van der Waals surface area contributed by atoms with Gasteiger partial charge >= 0.3 is 0 Å². The Bertz CT molecular complexity index is 448. The zero-order valence-corrected chi connectivity index (χ0v) is 11.4. The van der Waals surface area contributed by atoms with E-state index in [2.05, 4.69) is 5.32 Å². The molecule has 1 atom stereocenters. The van der Waals surface area contributed by atoms with E-state index >= 15 is 0 Å². The summed E-state index contributed by atoms with van der Waals surface area (Å²) in [4.78, 5) is 10.5. The summed E-state index contributed by atoms with van der Waals surface area (Å²) in [5.41, 5.74) is 0.592. The fourth-order valence-corrected chi connectivity index (χ4v) is 2.46. The number of nitrogens with zero attached hydrogens (tertiary/aromatic N) is 1. The minimum Gasteiger partial charge on any atom is -0.377 e. The maximum Gasteiger partial charge on any atom is 0.275 e. The molecule has 0 aliphatic carbocycles. The summed E-state index contributed by atoms with van der Waals surface area (Å²) < 4.78 is 5.59. The molecule has 0 saturated carbocycles. The minimum atomic E-state index is -0.403. The third-order valence-corrected chi connectivity index (χ3v) is 3.59. The van der Waals surface area contributed by atoms with Gasteiger partial charge < -0.3 is 10.1 Å². The molecular formula is C13H17ClN2O3. The van der Waals surface area contributed by atoms with E-state index in [0.717, 1.165) is 19.4 Å². The molecule has 0 bridgehead atoms. The zero-order chi connectivity index (χ0) is 13.7. The van der Waals surface area contributed by atoms with E-state index in [1.54, 1.807) is 12.1 Å². The summed E-state index contributed by atoms with van der Waals surface area (Å²) in [6.45, 7) is 1.89. The lowest BCUT2D eigenvalue weighted by Crippen LogP contribution is -2.31. The molecule has 1 aliphatic rings. The van der Waals surface area contributed by atoms with Gasteiger partial charge in [-0.05, 0) is 25.3 Å². The molecule has 1 saturated heterocycles. The summed E-state index contributed by atoms with van der Waals surface area (Å²) in [5.74, 6) is 0. The van der Waals surface area contributed by atoms with Crippen LogP contribution in [0.1, 0.15) is 24.8 Å². The zero-order valence-electron chi connectivity index (χ0n) is 10.6. The maximum atomic E-state index is 10.9. The average Bonchev–Trinajstić information content (AvgIpc) is 2.41. The lowest BCUT2D eigenvalue weighted by molar-refractivity contribution is -0.385. The van der Waals surface area contributed by atoms with E-state index in [-0.39, 0.29) is 11.8 Å². The molecule has 0 radical (unpaired) electrons. The molecule has 1 heterocycles. The summed E-state index contributed by atoms with van der Waals surface area (Å²) in [6.07, 6.45) is 3.54. The molecule has 1 fully saturated rings. The van der Waals surface area contributed by atoms with Gasteiger partial charge in [-0.15, -0.1) is 0 Å². The van der Waals surface area contributed by atoms with Crippen molar-refractivity contribution in [1.82, 2.24) is 5.32 Å². The smallest absolute Gasteiger partial charge is 0.275 e. The van der Waals surface area contributed by atoms with Crippen LogP contribution in [0.4, 0.5) is 5.69 Å². The molecule has 104 valence electrons. The average molecular weight is 285 g/mol. The van der Waals surface area contributed by atoms with E-state index < -0.39 is 4.92 Å². The Morgan fingerprint density at radius 1 is 1.47 bits per heavy atom. The second-order valence-corrected chi connectivity index (χ2v) is 5.02. The van der Waals surface area contributed by atoms with Crippen molar-refractivity contribution in [3.8, 4) is 0 Å². The quantitative estimate of drug-likeness (QED) is 0.667. The van der Waals surface area contributed by atoms with Gasteiger partial charge in [0.15, 0.2) is 0 Å². The molecule has 1 unspecified atom stereocenters. The summed E-state index contributed by atoms with van der Waals surface area (Å²) in [7, 11) is 0. The van der Waals surface area contributed by atoms with Crippen LogP contribution in [0, 0.1) is 10.1 Å². The van der Waals surface area contributed by atoms with Crippen LogP contribution in [-0.4, -0.2) is 24.2 Å². The van der Waals surface area contributed by atoms with Crippen molar-refractivity contribution in [3.63, 3.8) is 0 Å². The first kappa shape index (κ1) is 14.2. The number of halogens is 1. The van der Waals surface area contributed by atoms with Crippen molar-refractivity contribution in [2.75, 3.05) is 13.2 Å². The highest BCUT2D eigenvalue weighted by atomic mass is 35.5. The van der Waals surface area contributed by atoms with Gasteiger partial charge in [-0.3, -0.25) is 10.1 Å². The molecule has 0 spiro atoms. The molecular weight excluding hydrogens is 268 g/mol. The lowest BCUT2D eigenvalue weighted by atomic mass is 10.1. The Morgan fingerprint density at radius 3 is 3.00 bits per heavy atom. The van der Waals surface area contributed by atoms with Crippen molar-refractivity contribution in [2.24, 2.45) is 0 Å². The van der Waals surface area contributed by atoms with Crippen LogP contribution in [0.2, 0.25) is 5.02 Å². The maximum absolute atomic E-state index is 10.9. The second kappa shape index (κ2) is 6.84. The van der Waals surface area contributed by atoms with E-state index in [1.807, 2.05) is 0 Å². The van der Waals surface area contributed by atoms with Crippen molar-refractivity contribution in [3.05, 3.63) is 38.9 Å². The van der Waals surface area contributed by atoms with Gasteiger partial charge in [-0.1, -0.05) is 17.7 Å². The van der Waals surface area contributed by atoms with Crippen LogP contribution in [-0.2, 0) is 11.3 Å². The first-order valence-corrected chi connectivity index (χ1v) is 6.80. The molecule has 2 rings (SSSR count). The lowest BCUT2D eigenvalue weighted by Gasteiger charge is -2.22. The van der Waals surface area contributed by atoms with Gasteiger partial charge in [-0.25, -0.2) is 0 Å². The molecule has 0 aromatic heterocycles. The van der Waals surface area contributed by atoms with Gasteiger partial charge in [0.05, 0.1) is 21.6 Å². The van der Waals surface area contributed by atoms with Crippen LogP contribution in [0.25, 0.3) is 0 Å². The number of nitro groups is 1. The number of rotatable bonds is 5. The second-order valence-electron chi connectivity index (χ2n) is 4.61. The van der Waals surface area contributed by atoms with Crippen LogP contribution in [0.5, 0.6) is 0 Å². The molecule has 1 aliphatic heterocycles. The topological polar surface area (TPSA) is 64.4 Å². The highest BCUT2D eigenvalue weighted by molar-refractivity contribution is 6.31. The Labute approximate surface area is 117 Å². The van der Waals surface area contributed by atoms with E-state index in [0.29, 0.717) is 23.7 Å². The summed E-state index contributed by atoms with van der Waals surface area (Å²) in [5, 5.41) is 14.5. The van der Waals surface area contributed by atoms with Gasteiger partial charge in [-0.2, -0.15) is 0 Å². The number of benzene rings is 1. The fraction of sp³-hybridized carbons (Fsp3) is 0.538. The predicted molar refractivity (Wildman–Crippen MR) is 73.4 cm³/mol. The number of ether oxygens (including phenoxy) is 1. The van der Waals surface area contributed by atoms with Crippen molar-refractivity contribution < 1.29 is 9.66 Å². The molecule has 1 N–H and O–H groups in total. The van der Waals surface area contributed by atoms with Crippen LogP contribution in [0.15, 0.2) is 18.2 Å². The van der Waals surface area contributed by atoms with Crippen LogP contribution < -0.4 is 5.32 Å². The first-order valence-electron chi connectivity index (χ1n) is 6.42. The van der Waals surface area contributed by atoms with E-state index in [1.165, 1.54) is 12.5 Å². The summed E-state index contributed by atoms with van der Waals surface area (Å²) in [6, 6.07) is 4.73. The summed E-state index contributed by atoms with van der Waals surface area (Å²) >= 11 is 6.02. The highest BCUT2D eigenvalue weighted by Crippen LogP contribution is 2.26. The van der Waals surface area contributed by atoms with Gasteiger partial charge in [0.25, 0.3) is 5.69 Å². The van der Waals surface area contributed by atoms with Crippen molar-refractivity contribution in [2.45, 2.75) is 31.9 Å². The Balaban J connectivity index is 1.93. The SMILES string of the molecule is O=[N+]([O-])c1cccc(Cl)c1CNCC1CCCCO1. The Kier molecular flexibility index (Phi) is 5.13. The number of hydrogen-bond acceptors (Lipinski definition) is 4. The van der Waals surface area contributed by atoms with Gasteiger partial charge in [0.1, 0.15) is 0 Å². The third kappa shape index (κ3) is 3.89. The monoisotopic (exact) mass is 284 g/mol. The predicted octanol–water partition coefficient (Wildman–Crippen LogP) is 2.91. The molecule has 1 aromatic carbocycles. The van der Waals surface area contributed by atoms with E-state index in [9.17, 15) is 10.1 Å². The van der Waals surface area contributed by atoms with Gasteiger partial charge in [0, 0.05) is 25.8 Å². The molecule has 0 amide bonds. The number of nitrogens with one attached hydrogen (secondary N) is 1. The van der Waals surface area contributed by atoms with Crippen LogP contribution >= 0.6 is 11.6 Å². The first-order chi connectivity index (χ1) is 9.18.